The van der Waals surface area contributed by atoms with Crippen molar-refractivity contribution in [2.75, 3.05) is 6.26 Å². The highest BCUT2D eigenvalue weighted by atomic mass is 127. The normalized spacial score (nSPS) is 16.2. The van der Waals surface area contributed by atoms with E-state index in [4.69, 9.17) is 5.73 Å². The summed E-state index contributed by atoms with van der Waals surface area (Å²) >= 11 is 1.24. The quantitative estimate of drug-likeness (QED) is 0.453. The maximum absolute atomic E-state index is 11.3. The third-order valence-electron chi connectivity index (χ3n) is 2.34. The van der Waals surface area contributed by atoms with E-state index < -0.39 is 9.84 Å². The molecule has 1 aliphatic carbocycles. The molecule has 5 nitrogen and oxygen atoms in total. The van der Waals surface area contributed by atoms with Gasteiger partial charge in [-0.15, -0.1) is 35.3 Å². The highest BCUT2D eigenvalue weighted by molar-refractivity contribution is 14.0. The third kappa shape index (κ3) is 4.73. The molecule has 0 spiro atoms. The van der Waals surface area contributed by atoms with Crippen molar-refractivity contribution in [3.05, 3.63) is 17.0 Å². The molecule has 0 atom stereocenters. The first-order valence-electron chi connectivity index (χ1n) is 5.30. The summed E-state index contributed by atoms with van der Waals surface area (Å²) in [6, 6.07) is 3.86. The van der Waals surface area contributed by atoms with Crippen molar-refractivity contribution >= 4 is 51.1 Å². The number of guanidine groups is 1. The summed E-state index contributed by atoms with van der Waals surface area (Å²) in [5, 5.41) is 3.08. The van der Waals surface area contributed by atoms with Crippen molar-refractivity contribution in [3.8, 4) is 0 Å². The van der Waals surface area contributed by atoms with E-state index in [0.29, 0.717) is 22.8 Å². The monoisotopic (exact) mass is 401 g/mol. The molecular formula is C10H16IN3O2S2. The van der Waals surface area contributed by atoms with Crippen molar-refractivity contribution in [1.29, 1.82) is 0 Å². The van der Waals surface area contributed by atoms with Gasteiger partial charge in [0.2, 0.25) is 0 Å². The number of hydrogen-bond acceptors (Lipinski definition) is 4. The zero-order valence-electron chi connectivity index (χ0n) is 9.92. The number of nitrogens with zero attached hydrogens (tertiary/aromatic N) is 1. The van der Waals surface area contributed by atoms with Crippen molar-refractivity contribution in [1.82, 2.24) is 5.32 Å². The molecule has 1 aromatic rings. The fourth-order valence-electron chi connectivity index (χ4n) is 1.29. The smallest absolute Gasteiger partial charge is 0.189 e. The zero-order valence-corrected chi connectivity index (χ0v) is 13.9. The Labute approximate surface area is 128 Å². The van der Waals surface area contributed by atoms with Crippen molar-refractivity contribution in [2.24, 2.45) is 10.7 Å². The second-order valence-electron chi connectivity index (χ2n) is 4.11. The van der Waals surface area contributed by atoms with Gasteiger partial charge < -0.3 is 11.1 Å². The Bertz CT molecular complexity index is 535. The van der Waals surface area contributed by atoms with Crippen LogP contribution in [0.5, 0.6) is 0 Å². The number of nitrogens with two attached hydrogens (primary N) is 1. The first kappa shape index (κ1) is 15.7. The van der Waals surface area contributed by atoms with Crippen LogP contribution < -0.4 is 11.1 Å². The van der Waals surface area contributed by atoms with E-state index in [1.54, 1.807) is 12.1 Å². The summed E-state index contributed by atoms with van der Waals surface area (Å²) in [7, 11) is -3.11. The second kappa shape index (κ2) is 6.20. The Morgan fingerprint density at radius 1 is 1.56 bits per heavy atom. The predicted octanol–water partition coefficient (Wildman–Crippen LogP) is 1.34. The van der Waals surface area contributed by atoms with Crippen molar-refractivity contribution < 1.29 is 8.42 Å². The topological polar surface area (TPSA) is 84.5 Å². The largest absolute Gasteiger partial charge is 0.370 e. The molecule has 1 aromatic heterocycles. The lowest BCUT2D eigenvalue weighted by Gasteiger charge is -2.01. The maximum atomic E-state index is 11.3. The van der Waals surface area contributed by atoms with Gasteiger partial charge in [-0.05, 0) is 25.0 Å². The van der Waals surface area contributed by atoms with Gasteiger partial charge in [-0.2, -0.15) is 0 Å². The molecule has 0 radical (unpaired) electrons. The molecule has 1 saturated carbocycles. The molecule has 3 N–H and O–H groups in total. The molecule has 0 saturated heterocycles. The number of rotatable bonds is 4. The number of halogens is 1. The summed E-state index contributed by atoms with van der Waals surface area (Å²) in [5.41, 5.74) is 5.68. The van der Waals surface area contributed by atoms with Gasteiger partial charge in [0.25, 0.3) is 0 Å². The van der Waals surface area contributed by atoms with Crippen molar-refractivity contribution in [2.45, 2.75) is 29.6 Å². The minimum Gasteiger partial charge on any atom is -0.370 e. The van der Waals surface area contributed by atoms with Crippen LogP contribution in [0, 0.1) is 0 Å². The van der Waals surface area contributed by atoms with Crippen LogP contribution in [0.3, 0.4) is 0 Å². The van der Waals surface area contributed by atoms with Crippen LogP contribution in [0.4, 0.5) is 0 Å². The average molecular weight is 401 g/mol. The highest BCUT2D eigenvalue weighted by Crippen LogP contribution is 2.22. The van der Waals surface area contributed by atoms with E-state index in [-0.39, 0.29) is 24.0 Å². The highest BCUT2D eigenvalue weighted by Gasteiger charge is 2.21. The minimum atomic E-state index is -3.11. The fourth-order valence-corrected chi connectivity index (χ4v) is 3.19. The SMILES string of the molecule is CS(=O)(=O)c1ccc(CN=C(N)NC2CC2)s1.I. The van der Waals surface area contributed by atoms with Gasteiger partial charge in [-0.25, -0.2) is 13.4 Å². The predicted molar refractivity (Wildman–Crippen MR) is 84.3 cm³/mol. The molecule has 8 heteroatoms. The van der Waals surface area contributed by atoms with Gasteiger partial charge >= 0.3 is 0 Å². The number of hydrogen-bond donors (Lipinski definition) is 2. The minimum absolute atomic E-state index is 0. The third-order valence-corrected chi connectivity index (χ3v) is 5.23. The number of aliphatic imine (C=N–C) groups is 1. The first-order chi connectivity index (χ1) is 7.95. The molecule has 1 aliphatic rings. The number of nitrogens with one attached hydrogen (secondary N) is 1. The van der Waals surface area contributed by atoms with Crippen LogP contribution in [0.25, 0.3) is 0 Å². The lowest BCUT2D eigenvalue weighted by atomic mass is 10.5. The molecule has 0 aromatic carbocycles. The van der Waals surface area contributed by atoms with Crippen LogP contribution in [-0.2, 0) is 16.4 Å². The van der Waals surface area contributed by atoms with Crippen LogP contribution in [0.1, 0.15) is 17.7 Å². The van der Waals surface area contributed by atoms with Gasteiger partial charge in [0.1, 0.15) is 4.21 Å². The Morgan fingerprint density at radius 2 is 2.22 bits per heavy atom. The molecule has 1 fully saturated rings. The molecule has 0 aliphatic heterocycles. The van der Waals surface area contributed by atoms with Gasteiger partial charge in [-0.3, -0.25) is 0 Å². The average Bonchev–Trinajstić information content (AvgIpc) is 2.90. The Kier molecular flexibility index (Phi) is 5.41. The molecule has 0 unspecified atom stereocenters. The van der Waals surface area contributed by atoms with Crippen molar-refractivity contribution in [3.63, 3.8) is 0 Å². The van der Waals surface area contributed by atoms with Gasteiger partial charge in [0.15, 0.2) is 15.8 Å². The zero-order chi connectivity index (χ0) is 12.5. The van der Waals surface area contributed by atoms with Crippen LogP contribution in [-0.4, -0.2) is 26.7 Å². The van der Waals surface area contributed by atoms with E-state index in [1.807, 2.05) is 0 Å². The Hall–Kier alpha value is -0.350. The lowest BCUT2D eigenvalue weighted by Crippen LogP contribution is -2.33. The Morgan fingerprint density at radius 3 is 2.72 bits per heavy atom. The van der Waals surface area contributed by atoms with Gasteiger partial charge in [0.05, 0.1) is 6.54 Å². The van der Waals surface area contributed by atoms with E-state index in [2.05, 4.69) is 10.3 Å². The lowest BCUT2D eigenvalue weighted by molar-refractivity contribution is 0.604. The molecule has 0 bridgehead atoms. The molecule has 102 valence electrons. The molecule has 2 rings (SSSR count). The summed E-state index contributed by atoms with van der Waals surface area (Å²) in [5.74, 6) is 0.432. The van der Waals surface area contributed by atoms with Crippen LogP contribution >= 0.6 is 35.3 Å². The van der Waals surface area contributed by atoms with E-state index in [9.17, 15) is 8.42 Å². The standard InChI is InChI=1S/C10H15N3O2S2.HI/c1-17(14,15)9-5-4-8(16-9)6-12-10(11)13-7-2-3-7;/h4-5,7H,2-3,6H2,1H3,(H3,11,12,13);1H. The second-order valence-corrected chi connectivity index (χ2v) is 7.52. The summed E-state index contributed by atoms with van der Waals surface area (Å²) in [4.78, 5) is 5.06. The van der Waals surface area contributed by atoms with Crippen LogP contribution in [0.15, 0.2) is 21.3 Å². The van der Waals surface area contributed by atoms with E-state index >= 15 is 0 Å². The Balaban J connectivity index is 0.00000162. The number of sulfone groups is 1. The summed E-state index contributed by atoms with van der Waals surface area (Å²) in [6.07, 6.45) is 3.50. The molecular weight excluding hydrogens is 385 g/mol. The van der Waals surface area contributed by atoms with E-state index in [0.717, 1.165) is 17.7 Å². The first-order valence-corrected chi connectivity index (χ1v) is 8.01. The van der Waals surface area contributed by atoms with E-state index in [1.165, 1.54) is 17.6 Å². The fraction of sp³-hybridized carbons (Fsp3) is 0.500. The summed E-state index contributed by atoms with van der Waals surface area (Å²) < 4.78 is 22.9. The van der Waals surface area contributed by atoms with Gasteiger partial charge in [-0.1, -0.05) is 0 Å². The molecule has 18 heavy (non-hydrogen) atoms. The maximum Gasteiger partial charge on any atom is 0.189 e. The summed E-state index contributed by atoms with van der Waals surface area (Å²) in [6.45, 7) is 0.422. The number of thiophene rings is 1. The molecule has 1 heterocycles. The van der Waals surface area contributed by atoms with Gasteiger partial charge in [0, 0.05) is 17.2 Å². The molecule has 0 amide bonds. The van der Waals surface area contributed by atoms with Crippen LogP contribution in [0.2, 0.25) is 0 Å².